The molecule has 0 bridgehead atoms. The van der Waals surface area contributed by atoms with Crippen molar-refractivity contribution in [2.75, 3.05) is 5.73 Å². The summed E-state index contributed by atoms with van der Waals surface area (Å²) in [6.45, 7) is 2.10. The summed E-state index contributed by atoms with van der Waals surface area (Å²) in [6.07, 6.45) is 2.96. The number of aromatic nitrogens is 1. The molecule has 1 aromatic heterocycles. The van der Waals surface area contributed by atoms with Crippen LogP contribution in [0.15, 0.2) is 12.3 Å². The van der Waals surface area contributed by atoms with Gasteiger partial charge in [-0.25, -0.2) is 4.98 Å². The highest BCUT2D eigenvalue weighted by molar-refractivity contribution is 6.30. The van der Waals surface area contributed by atoms with Crippen molar-refractivity contribution in [2.45, 2.75) is 25.4 Å². The van der Waals surface area contributed by atoms with Crippen LogP contribution < -0.4 is 5.73 Å². The van der Waals surface area contributed by atoms with Crippen LogP contribution in [0.25, 0.3) is 0 Å². The highest BCUT2D eigenvalue weighted by Crippen LogP contribution is 2.47. The summed E-state index contributed by atoms with van der Waals surface area (Å²) in [4.78, 5) is 3.94. The van der Waals surface area contributed by atoms with Crippen LogP contribution in [0.4, 0.5) is 5.82 Å². The van der Waals surface area contributed by atoms with Crippen LogP contribution in [0.2, 0.25) is 5.02 Å². The lowest BCUT2D eigenvalue weighted by atomic mass is 9.68. The van der Waals surface area contributed by atoms with Gasteiger partial charge in [-0.1, -0.05) is 18.5 Å². The number of nitrogen functional groups attached to an aromatic ring is 1. The fraction of sp³-hybridized carbons (Fsp3) is 0.500. The minimum absolute atomic E-state index is 0.379. The van der Waals surface area contributed by atoms with Crippen LogP contribution in [-0.4, -0.2) is 10.1 Å². The average molecular weight is 213 g/mol. The Morgan fingerprint density at radius 2 is 2.29 bits per heavy atom. The molecule has 0 amide bonds. The maximum absolute atomic E-state index is 10.2. The summed E-state index contributed by atoms with van der Waals surface area (Å²) < 4.78 is 0. The molecule has 76 valence electrons. The molecule has 0 spiro atoms. The molecule has 14 heavy (non-hydrogen) atoms. The lowest BCUT2D eigenvalue weighted by Gasteiger charge is -2.42. The molecule has 3 nitrogen and oxygen atoms in total. The molecule has 0 aromatic carbocycles. The summed E-state index contributed by atoms with van der Waals surface area (Å²) in [5, 5.41) is 10.7. The smallest absolute Gasteiger partial charge is 0.129 e. The molecule has 3 N–H and O–H groups in total. The Labute approximate surface area is 87.9 Å². The number of pyridine rings is 1. The third-order valence-electron chi connectivity index (χ3n) is 2.76. The van der Waals surface area contributed by atoms with Gasteiger partial charge in [0.25, 0.3) is 0 Å². The van der Waals surface area contributed by atoms with Crippen LogP contribution in [-0.2, 0) is 5.60 Å². The molecular weight excluding hydrogens is 200 g/mol. The summed E-state index contributed by atoms with van der Waals surface area (Å²) in [6, 6.07) is 1.70. The van der Waals surface area contributed by atoms with Gasteiger partial charge in [-0.15, -0.1) is 0 Å². The fourth-order valence-electron chi connectivity index (χ4n) is 2.14. The summed E-state index contributed by atoms with van der Waals surface area (Å²) in [5.74, 6) is 0.919. The van der Waals surface area contributed by atoms with Gasteiger partial charge in [0.05, 0.1) is 10.6 Å². The van der Waals surface area contributed by atoms with E-state index in [4.69, 9.17) is 17.3 Å². The van der Waals surface area contributed by atoms with Crippen molar-refractivity contribution >= 4 is 17.4 Å². The lowest BCUT2D eigenvalue weighted by molar-refractivity contribution is -0.0733. The van der Waals surface area contributed by atoms with E-state index in [1.165, 1.54) is 6.20 Å². The summed E-state index contributed by atoms with van der Waals surface area (Å²) in [7, 11) is 0. The average Bonchev–Trinajstić information content (AvgIpc) is 2.07. The van der Waals surface area contributed by atoms with E-state index in [1.807, 2.05) is 0 Å². The first-order valence-corrected chi connectivity index (χ1v) is 5.03. The minimum Gasteiger partial charge on any atom is -0.385 e. The largest absolute Gasteiger partial charge is 0.385 e. The maximum Gasteiger partial charge on any atom is 0.129 e. The van der Waals surface area contributed by atoms with Gasteiger partial charge < -0.3 is 10.8 Å². The molecule has 1 saturated carbocycles. The lowest BCUT2D eigenvalue weighted by Crippen LogP contribution is -2.40. The number of nitrogens with two attached hydrogens (primary N) is 1. The first-order chi connectivity index (χ1) is 6.51. The van der Waals surface area contributed by atoms with Gasteiger partial charge in [-0.2, -0.15) is 0 Å². The molecule has 1 aliphatic carbocycles. The van der Waals surface area contributed by atoms with Gasteiger partial charge in [-0.3, -0.25) is 0 Å². The highest BCUT2D eigenvalue weighted by Gasteiger charge is 2.43. The van der Waals surface area contributed by atoms with E-state index in [1.54, 1.807) is 6.07 Å². The second-order valence-electron chi connectivity index (χ2n) is 4.13. The SMILES string of the molecule is CC1CC(O)(c2cc(Cl)cnc2N)C1. The third kappa shape index (κ3) is 1.47. The number of halogens is 1. The molecule has 0 radical (unpaired) electrons. The molecule has 1 aromatic rings. The first kappa shape index (κ1) is 9.74. The Morgan fingerprint density at radius 1 is 1.64 bits per heavy atom. The molecule has 4 heteroatoms. The normalized spacial score (nSPS) is 31.2. The topological polar surface area (TPSA) is 59.1 Å². The standard InChI is InChI=1S/C10H13ClN2O/c1-6-3-10(14,4-6)8-2-7(11)5-13-9(8)12/h2,5-6,14H,3-4H2,1H3,(H2,12,13). The van der Waals surface area contributed by atoms with Crippen molar-refractivity contribution in [3.8, 4) is 0 Å². The maximum atomic E-state index is 10.2. The molecular formula is C10H13ClN2O. The van der Waals surface area contributed by atoms with E-state index in [-0.39, 0.29) is 0 Å². The van der Waals surface area contributed by atoms with Crippen LogP contribution >= 0.6 is 11.6 Å². The van der Waals surface area contributed by atoms with Crippen molar-refractivity contribution in [1.29, 1.82) is 0 Å². The van der Waals surface area contributed by atoms with Crippen molar-refractivity contribution < 1.29 is 5.11 Å². The van der Waals surface area contributed by atoms with Crippen LogP contribution in [0.5, 0.6) is 0 Å². The Kier molecular flexibility index (Phi) is 2.16. The molecule has 2 rings (SSSR count). The molecule has 0 aliphatic heterocycles. The van der Waals surface area contributed by atoms with Crippen molar-refractivity contribution in [2.24, 2.45) is 5.92 Å². The van der Waals surface area contributed by atoms with Gasteiger partial charge in [0.2, 0.25) is 0 Å². The van der Waals surface area contributed by atoms with Gasteiger partial charge >= 0.3 is 0 Å². The first-order valence-electron chi connectivity index (χ1n) is 4.65. The number of rotatable bonds is 1. The molecule has 1 heterocycles. The molecule has 1 aliphatic rings. The van der Waals surface area contributed by atoms with E-state index in [0.29, 0.717) is 22.3 Å². The second kappa shape index (κ2) is 3.11. The predicted octanol–water partition coefficient (Wildman–Crippen LogP) is 1.93. The fourth-order valence-corrected chi connectivity index (χ4v) is 2.29. The van der Waals surface area contributed by atoms with E-state index >= 15 is 0 Å². The van der Waals surface area contributed by atoms with Crippen molar-refractivity contribution in [3.05, 3.63) is 22.8 Å². The zero-order chi connectivity index (χ0) is 10.3. The van der Waals surface area contributed by atoms with Gasteiger partial charge in [0, 0.05) is 11.8 Å². The molecule has 0 saturated heterocycles. The van der Waals surface area contributed by atoms with E-state index < -0.39 is 5.60 Å². The summed E-state index contributed by atoms with van der Waals surface area (Å²) >= 11 is 5.81. The van der Waals surface area contributed by atoms with Gasteiger partial charge in [0.15, 0.2) is 0 Å². The zero-order valence-electron chi connectivity index (χ0n) is 8.00. The number of hydrogen-bond acceptors (Lipinski definition) is 3. The van der Waals surface area contributed by atoms with Crippen LogP contribution in [0.1, 0.15) is 25.3 Å². The van der Waals surface area contributed by atoms with Crippen LogP contribution in [0, 0.1) is 5.92 Å². The molecule has 0 unspecified atom stereocenters. The van der Waals surface area contributed by atoms with Crippen LogP contribution in [0.3, 0.4) is 0 Å². The molecule has 0 atom stereocenters. The minimum atomic E-state index is -0.804. The van der Waals surface area contributed by atoms with Gasteiger partial charge in [0.1, 0.15) is 5.82 Å². The number of anilines is 1. The Morgan fingerprint density at radius 3 is 2.86 bits per heavy atom. The number of aliphatic hydroxyl groups is 1. The second-order valence-corrected chi connectivity index (χ2v) is 4.57. The van der Waals surface area contributed by atoms with E-state index in [9.17, 15) is 5.11 Å². The van der Waals surface area contributed by atoms with Gasteiger partial charge in [-0.05, 0) is 24.8 Å². The number of nitrogens with zero attached hydrogens (tertiary/aromatic N) is 1. The Balaban J connectivity index is 2.36. The number of hydrogen-bond donors (Lipinski definition) is 2. The molecule has 1 fully saturated rings. The van der Waals surface area contributed by atoms with E-state index in [2.05, 4.69) is 11.9 Å². The monoisotopic (exact) mass is 212 g/mol. The van der Waals surface area contributed by atoms with E-state index in [0.717, 1.165) is 12.8 Å². The quantitative estimate of drug-likeness (QED) is 0.748. The Bertz CT molecular complexity index is 361. The van der Waals surface area contributed by atoms with Crippen molar-refractivity contribution in [3.63, 3.8) is 0 Å². The zero-order valence-corrected chi connectivity index (χ0v) is 8.75. The summed E-state index contributed by atoms with van der Waals surface area (Å²) in [5.41, 5.74) is 5.57. The third-order valence-corrected chi connectivity index (χ3v) is 2.97. The predicted molar refractivity (Wildman–Crippen MR) is 56.0 cm³/mol. The Hall–Kier alpha value is -0.800. The highest BCUT2D eigenvalue weighted by atomic mass is 35.5. The van der Waals surface area contributed by atoms with Crippen molar-refractivity contribution in [1.82, 2.24) is 4.98 Å².